The van der Waals surface area contributed by atoms with Crippen molar-refractivity contribution in [3.8, 4) is 0 Å². The lowest BCUT2D eigenvalue weighted by molar-refractivity contribution is -0.120. The van der Waals surface area contributed by atoms with E-state index in [1.807, 2.05) is 24.3 Å². The summed E-state index contributed by atoms with van der Waals surface area (Å²) in [4.78, 5) is 24.0. The van der Waals surface area contributed by atoms with Crippen molar-refractivity contribution >= 4 is 22.7 Å². The molecule has 6 heteroatoms. The molecule has 0 radical (unpaired) electrons. The number of aromatic nitrogens is 2. The topological polar surface area (TPSA) is 86.9 Å². The molecule has 6 nitrogen and oxygen atoms in total. The molecule has 0 atom stereocenters. The molecule has 0 bridgehead atoms. The van der Waals surface area contributed by atoms with Crippen molar-refractivity contribution in [3.63, 3.8) is 0 Å². The van der Waals surface area contributed by atoms with Gasteiger partial charge in [0.2, 0.25) is 5.91 Å². The van der Waals surface area contributed by atoms with Gasteiger partial charge in [-0.15, -0.1) is 0 Å². The van der Waals surface area contributed by atoms with Gasteiger partial charge in [-0.1, -0.05) is 29.8 Å². The van der Waals surface area contributed by atoms with Crippen LogP contribution in [0.25, 0.3) is 10.9 Å². The Morgan fingerprint density at radius 1 is 1.17 bits per heavy atom. The maximum Gasteiger partial charge on any atom is 0.272 e. The minimum atomic E-state index is -0.349. The predicted molar refractivity (Wildman–Crippen MR) is 92.6 cm³/mol. The number of nitrogens with one attached hydrogen (secondary N) is 3. The Morgan fingerprint density at radius 3 is 2.88 bits per heavy atom. The van der Waals surface area contributed by atoms with Gasteiger partial charge in [-0.2, -0.15) is 5.10 Å². The van der Waals surface area contributed by atoms with Crippen LogP contribution in [0.1, 0.15) is 42.6 Å². The molecule has 126 valence electrons. The molecule has 24 heavy (non-hydrogen) atoms. The molecule has 0 saturated heterocycles. The fourth-order valence-corrected chi connectivity index (χ4v) is 2.94. The highest BCUT2D eigenvalue weighted by atomic mass is 16.2. The lowest BCUT2D eigenvalue weighted by atomic mass is 9.97. The molecule has 1 heterocycles. The van der Waals surface area contributed by atoms with Gasteiger partial charge in [-0.25, -0.2) is 0 Å². The van der Waals surface area contributed by atoms with Gasteiger partial charge in [0, 0.05) is 11.9 Å². The zero-order valence-corrected chi connectivity index (χ0v) is 13.6. The molecule has 0 unspecified atom stereocenters. The summed E-state index contributed by atoms with van der Waals surface area (Å²) in [6.45, 7) is 0.574. The second-order valence-electron chi connectivity index (χ2n) is 6.01. The molecule has 0 aliphatic heterocycles. The van der Waals surface area contributed by atoms with Gasteiger partial charge in [0.05, 0.1) is 12.1 Å². The maximum atomic E-state index is 12.2. The van der Waals surface area contributed by atoms with Crippen LogP contribution in [0.3, 0.4) is 0 Å². The van der Waals surface area contributed by atoms with Crippen LogP contribution in [0.15, 0.2) is 35.9 Å². The van der Waals surface area contributed by atoms with Crippen LogP contribution < -0.4 is 10.6 Å². The average Bonchev–Trinajstić information content (AvgIpc) is 3.05. The molecule has 2 aromatic rings. The van der Waals surface area contributed by atoms with E-state index in [0.717, 1.165) is 30.2 Å². The number of H-pyrrole nitrogens is 1. The molecule has 1 aliphatic rings. The van der Waals surface area contributed by atoms with Crippen LogP contribution in [0.4, 0.5) is 0 Å². The fourth-order valence-electron chi connectivity index (χ4n) is 2.94. The summed E-state index contributed by atoms with van der Waals surface area (Å²) in [6, 6.07) is 7.40. The van der Waals surface area contributed by atoms with E-state index in [2.05, 4.69) is 26.9 Å². The molecule has 0 spiro atoms. The summed E-state index contributed by atoms with van der Waals surface area (Å²) in [5.74, 6) is -0.530. The first-order valence-corrected chi connectivity index (χ1v) is 8.40. The van der Waals surface area contributed by atoms with E-state index in [9.17, 15) is 9.59 Å². The Kier molecular flexibility index (Phi) is 5.25. The summed E-state index contributed by atoms with van der Waals surface area (Å²) < 4.78 is 0. The van der Waals surface area contributed by atoms with Gasteiger partial charge in [0.25, 0.3) is 5.91 Å². The molecular formula is C18H22N4O2. The maximum absolute atomic E-state index is 12.2. The minimum Gasteiger partial charge on any atom is -0.354 e. The normalized spacial score (nSPS) is 14.2. The number of carbonyl (C=O) groups excluding carboxylic acids is 2. The lowest BCUT2D eigenvalue weighted by Crippen LogP contribution is -2.37. The van der Waals surface area contributed by atoms with Crippen molar-refractivity contribution in [1.29, 1.82) is 0 Å². The van der Waals surface area contributed by atoms with Crippen LogP contribution in [-0.4, -0.2) is 35.1 Å². The number of amides is 2. The van der Waals surface area contributed by atoms with Gasteiger partial charge in [0.1, 0.15) is 0 Å². The highest BCUT2D eigenvalue weighted by molar-refractivity contribution is 6.05. The molecule has 1 aliphatic carbocycles. The van der Waals surface area contributed by atoms with Crippen LogP contribution in [0, 0.1) is 0 Å². The molecular weight excluding hydrogens is 304 g/mol. The summed E-state index contributed by atoms with van der Waals surface area (Å²) in [5, 5.41) is 13.0. The zero-order valence-electron chi connectivity index (χ0n) is 13.6. The number of hydrogen-bond acceptors (Lipinski definition) is 3. The van der Waals surface area contributed by atoms with Crippen LogP contribution in [0.2, 0.25) is 0 Å². The van der Waals surface area contributed by atoms with Gasteiger partial charge in [-0.05, 0) is 38.2 Å². The molecule has 2 amide bonds. The van der Waals surface area contributed by atoms with E-state index in [4.69, 9.17) is 0 Å². The monoisotopic (exact) mass is 326 g/mol. The molecule has 0 saturated carbocycles. The highest BCUT2D eigenvalue weighted by Gasteiger charge is 2.14. The third-order valence-electron chi connectivity index (χ3n) is 4.25. The minimum absolute atomic E-state index is 0.0426. The number of allylic oxidation sites excluding steroid dienone is 1. The number of para-hydroxylation sites is 1. The number of rotatable bonds is 6. The van der Waals surface area contributed by atoms with Crippen LogP contribution >= 0.6 is 0 Å². The van der Waals surface area contributed by atoms with Gasteiger partial charge in [-0.3, -0.25) is 14.7 Å². The van der Waals surface area contributed by atoms with Crippen molar-refractivity contribution < 1.29 is 9.59 Å². The van der Waals surface area contributed by atoms with E-state index in [-0.39, 0.29) is 18.4 Å². The van der Waals surface area contributed by atoms with E-state index in [0.29, 0.717) is 12.2 Å². The van der Waals surface area contributed by atoms with Crippen LogP contribution in [-0.2, 0) is 4.79 Å². The van der Waals surface area contributed by atoms with Crippen molar-refractivity contribution in [2.24, 2.45) is 0 Å². The lowest BCUT2D eigenvalue weighted by Gasteiger charge is -2.13. The van der Waals surface area contributed by atoms with Crippen LogP contribution in [0.5, 0.6) is 0 Å². The average molecular weight is 326 g/mol. The number of nitrogens with zero attached hydrogens (tertiary/aromatic N) is 1. The Labute approximate surface area is 140 Å². The molecule has 3 rings (SSSR count). The van der Waals surface area contributed by atoms with Gasteiger partial charge in [0.15, 0.2) is 5.69 Å². The van der Waals surface area contributed by atoms with E-state index in [1.54, 1.807) is 0 Å². The third-order valence-corrected chi connectivity index (χ3v) is 4.25. The third kappa shape index (κ3) is 4.01. The van der Waals surface area contributed by atoms with E-state index >= 15 is 0 Å². The first kappa shape index (κ1) is 16.2. The zero-order chi connectivity index (χ0) is 16.8. The first-order valence-electron chi connectivity index (χ1n) is 8.40. The van der Waals surface area contributed by atoms with Crippen molar-refractivity contribution in [1.82, 2.24) is 20.8 Å². The van der Waals surface area contributed by atoms with Gasteiger partial charge < -0.3 is 10.6 Å². The number of hydrogen-bond donors (Lipinski definition) is 3. The molecule has 3 N–H and O–H groups in total. The Hall–Kier alpha value is -2.63. The second-order valence-corrected chi connectivity index (χ2v) is 6.01. The number of fused-ring (bicyclic) bond motifs is 1. The van der Waals surface area contributed by atoms with Gasteiger partial charge >= 0.3 is 0 Å². The van der Waals surface area contributed by atoms with Crippen molar-refractivity contribution in [2.75, 3.05) is 13.1 Å². The quantitative estimate of drug-likeness (QED) is 0.712. The summed E-state index contributed by atoms with van der Waals surface area (Å²) in [7, 11) is 0. The standard InChI is InChI=1S/C18H22N4O2/c23-16(19-11-10-13-6-2-1-3-7-13)12-20-18(24)17-14-8-4-5-9-15(14)21-22-17/h4-6,8-9H,1-3,7,10-12H2,(H,19,23)(H,20,24)(H,21,22). The fraction of sp³-hybridized carbons (Fsp3) is 0.389. The number of aromatic amines is 1. The second kappa shape index (κ2) is 7.77. The molecule has 0 fully saturated rings. The number of benzene rings is 1. The van der Waals surface area contributed by atoms with E-state index in [1.165, 1.54) is 18.4 Å². The number of carbonyl (C=O) groups is 2. The Morgan fingerprint density at radius 2 is 2.04 bits per heavy atom. The molecule has 1 aromatic heterocycles. The SMILES string of the molecule is O=C(CNC(=O)c1n[nH]c2ccccc12)NCCC1=CCCCC1. The smallest absolute Gasteiger partial charge is 0.272 e. The van der Waals surface area contributed by atoms with Crippen molar-refractivity contribution in [3.05, 3.63) is 41.6 Å². The summed E-state index contributed by atoms with van der Waals surface area (Å²) in [5.41, 5.74) is 2.53. The van der Waals surface area contributed by atoms with Crippen molar-refractivity contribution in [2.45, 2.75) is 32.1 Å². The first-order chi connectivity index (χ1) is 11.7. The predicted octanol–water partition coefficient (Wildman–Crippen LogP) is 2.30. The highest BCUT2D eigenvalue weighted by Crippen LogP contribution is 2.19. The largest absolute Gasteiger partial charge is 0.354 e. The Bertz CT molecular complexity index is 763. The summed E-state index contributed by atoms with van der Waals surface area (Å²) >= 11 is 0. The summed E-state index contributed by atoms with van der Waals surface area (Å²) in [6.07, 6.45) is 7.97. The Balaban J connectivity index is 1.44. The van der Waals surface area contributed by atoms with E-state index < -0.39 is 0 Å². The molecule has 1 aromatic carbocycles.